The maximum atomic E-state index is 12.4. The van der Waals surface area contributed by atoms with Crippen molar-refractivity contribution in [1.82, 2.24) is 4.90 Å². The molecule has 2 amide bonds. The monoisotopic (exact) mass is 333 g/mol. The van der Waals surface area contributed by atoms with Crippen molar-refractivity contribution in [3.05, 3.63) is 35.4 Å². The Labute approximate surface area is 141 Å². The van der Waals surface area contributed by atoms with Gasteiger partial charge in [-0.2, -0.15) is 0 Å². The molecule has 1 heterocycles. The Kier molecular flexibility index (Phi) is 5.26. The van der Waals surface area contributed by atoms with Crippen LogP contribution in [-0.2, 0) is 20.7 Å². The topological polar surface area (TPSA) is 72.9 Å². The minimum Gasteiger partial charge on any atom is -0.465 e. The second-order valence-corrected chi connectivity index (χ2v) is 6.85. The molecule has 1 saturated heterocycles. The van der Waals surface area contributed by atoms with E-state index < -0.39 is 17.7 Å². The molecule has 0 spiro atoms. The van der Waals surface area contributed by atoms with Crippen molar-refractivity contribution in [1.29, 1.82) is 0 Å². The first kappa shape index (κ1) is 18.0. The van der Waals surface area contributed by atoms with Gasteiger partial charge in [0, 0.05) is 12.5 Å². The Morgan fingerprint density at radius 2 is 1.83 bits per heavy atom. The normalized spacial score (nSPS) is 17.8. The molecule has 0 aromatic heterocycles. The smallest absolute Gasteiger partial charge is 0.417 e. The van der Waals surface area contributed by atoms with Crippen LogP contribution in [0.5, 0.6) is 0 Å². The minimum absolute atomic E-state index is 0.207. The lowest BCUT2D eigenvalue weighted by Gasteiger charge is -2.23. The largest absolute Gasteiger partial charge is 0.465 e. The number of nitrogens with zero attached hydrogens (tertiary/aromatic N) is 1. The molecule has 130 valence electrons. The first-order valence-corrected chi connectivity index (χ1v) is 7.93. The van der Waals surface area contributed by atoms with Crippen molar-refractivity contribution in [3.8, 4) is 0 Å². The van der Waals surface area contributed by atoms with Crippen LogP contribution in [0.2, 0.25) is 0 Å². The molecule has 6 nitrogen and oxygen atoms in total. The second-order valence-electron chi connectivity index (χ2n) is 6.85. The van der Waals surface area contributed by atoms with E-state index in [0.717, 1.165) is 5.56 Å². The first-order valence-electron chi connectivity index (χ1n) is 7.93. The average Bonchev–Trinajstić information content (AvgIpc) is 2.87. The van der Waals surface area contributed by atoms with Gasteiger partial charge in [0.25, 0.3) is 0 Å². The lowest BCUT2D eigenvalue weighted by molar-refractivity contribution is -0.130. The second kappa shape index (κ2) is 7.03. The number of methoxy groups -OCH3 is 1. The summed E-state index contributed by atoms with van der Waals surface area (Å²) in [6, 6.07) is 6.95. The van der Waals surface area contributed by atoms with Crippen LogP contribution in [0, 0.1) is 5.92 Å². The van der Waals surface area contributed by atoms with Crippen LogP contribution in [0.4, 0.5) is 4.79 Å². The molecule has 1 aromatic rings. The molecule has 0 radical (unpaired) electrons. The Bertz CT molecular complexity index is 630. The van der Waals surface area contributed by atoms with Gasteiger partial charge in [0.05, 0.1) is 12.7 Å². The summed E-state index contributed by atoms with van der Waals surface area (Å²) in [5.74, 6) is -0.850. The van der Waals surface area contributed by atoms with Crippen LogP contribution in [-0.4, -0.2) is 42.1 Å². The van der Waals surface area contributed by atoms with E-state index in [2.05, 4.69) is 4.74 Å². The van der Waals surface area contributed by atoms with Crippen molar-refractivity contribution < 1.29 is 23.9 Å². The third-order valence-electron chi connectivity index (χ3n) is 3.79. The molecular weight excluding hydrogens is 310 g/mol. The fourth-order valence-corrected chi connectivity index (χ4v) is 2.61. The van der Waals surface area contributed by atoms with E-state index in [0.29, 0.717) is 24.9 Å². The van der Waals surface area contributed by atoms with Crippen LogP contribution in [0.15, 0.2) is 24.3 Å². The molecule has 0 N–H and O–H groups in total. The van der Waals surface area contributed by atoms with Crippen molar-refractivity contribution in [2.45, 2.75) is 39.2 Å². The quantitative estimate of drug-likeness (QED) is 0.795. The van der Waals surface area contributed by atoms with E-state index >= 15 is 0 Å². The zero-order valence-corrected chi connectivity index (χ0v) is 14.5. The summed E-state index contributed by atoms with van der Waals surface area (Å²) in [7, 11) is 1.33. The van der Waals surface area contributed by atoms with Gasteiger partial charge in [0.15, 0.2) is 0 Å². The highest BCUT2D eigenvalue weighted by Crippen LogP contribution is 2.24. The van der Waals surface area contributed by atoms with Crippen LogP contribution in [0.3, 0.4) is 0 Å². The summed E-state index contributed by atoms with van der Waals surface area (Å²) < 4.78 is 9.92. The maximum absolute atomic E-state index is 12.4. The zero-order chi connectivity index (χ0) is 17.9. The standard InChI is InChI=1S/C18H23NO5/c1-18(2,3)24-17(22)19-10-9-14(15(19)20)11-12-5-7-13(8-6-12)16(21)23-4/h5-8,14H,9-11H2,1-4H3. The number of rotatable bonds is 3. The van der Waals surface area contributed by atoms with E-state index in [9.17, 15) is 14.4 Å². The van der Waals surface area contributed by atoms with Gasteiger partial charge in [0.1, 0.15) is 5.60 Å². The number of likely N-dealkylation sites (tertiary alicyclic amines) is 1. The van der Waals surface area contributed by atoms with Gasteiger partial charge in [-0.1, -0.05) is 12.1 Å². The lowest BCUT2D eigenvalue weighted by atomic mass is 9.97. The molecule has 1 fully saturated rings. The summed E-state index contributed by atoms with van der Waals surface area (Å²) in [5, 5.41) is 0. The number of hydrogen-bond acceptors (Lipinski definition) is 5. The molecule has 1 aliphatic rings. The van der Waals surface area contributed by atoms with Crippen LogP contribution in [0.1, 0.15) is 43.1 Å². The van der Waals surface area contributed by atoms with E-state index in [-0.39, 0.29) is 11.8 Å². The highest BCUT2D eigenvalue weighted by molar-refractivity contribution is 5.95. The predicted molar refractivity (Wildman–Crippen MR) is 87.5 cm³/mol. The molecule has 1 atom stereocenters. The van der Waals surface area contributed by atoms with Crippen LogP contribution in [0.25, 0.3) is 0 Å². The summed E-state index contributed by atoms with van der Waals surface area (Å²) >= 11 is 0. The fourth-order valence-electron chi connectivity index (χ4n) is 2.61. The van der Waals surface area contributed by atoms with Crippen molar-refractivity contribution >= 4 is 18.0 Å². The van der Waals surface area contributed by atoms with Gasteiger partial charge in [-0.05, 0) is 51.3 Å². The SMILES string of the molecule is COC(=O)c1ccc(CC2CCN(C(=O)OC(C)(C)C)C2=O)cc1. The number of benzene rings is 1. The minimum atomic E-state index is -0.626. The van der Waals surface area contributed by atoms with Gasteiger partial charge in [0.2, 0.25) is 5.91 Å². The number of imide groups is 1. The Morgan fingerprint density at radius 1 is 1.21 bits per heavy atom. The number of amides is 2. The van der Waals surface area contributed by atoms with Gasteiger partial charge < -0.3 is 9.47 Å². The highest BCUT2D eigenvalue weighted by Gasteiger charge is 2.37. The van der Waals surface area contributed by atoms with E-state index in [4.69, 9.17) is 4.74 Å². The molecule has 1 unspecified atom stereocenters. The lowest BCUT2D eigenvalue weighted by Crippen LogP contribution is -2.38. The Morgan fingerprint density at radius 3 is 2.38 bits per heavy atom. The van der Waals surface area contributed by atoms with E-state index in [1.807, 2.05) is 0 Å². The summed E-state index contributed by atoms with van der Waals surface area (Å²) in [4.78, 5) is 37.1. The third-order valence-corrected chi connectivity index (χ3v) is 3.79. The van der Waals surface area contributed by atoms with Gasteiger partial charge in [-0.25, -0.2) is 14.5 Å². The van der Waals surface area contributed by atoms with Crippen molar-refractivity contribution in [3.63, 3.8) is 0 Å². The zero-order valence-electron chi connectivity index (χ0n) is 14.5. The molecule has 2 rings (SSSR count). The van der Waals surface area contributed by atoms with Crippen LogP contribution >= 0.6 is 0 Å². The van der Waals surface area contributed by atoms with E-state index in [1.165, 1.54) is 12.0 Å². The molecular formula is C18H23NO5. The number of carbonyl (C=O) groups is 3. The Hall–Kier alpha value is -2.37. The molecule has 6 heteroatoms. The van der Waals surface area contributed by atoms with Crippen LogP contribution < -0.4 is 0 Å². The van der Waals surface area contributed by atoms with Gasteiger partial charge in [-0.3, -0.25) is 4.79 Å². The van der Waals surface area contributed by atoms with Crippen molar-refractivity contribution in [2.24, 2.45) is 5.92 Å². The average molecular weight is 333 g/mol. The number of esters is 1. The fraction of sp³-hybridized carbons (Fsp3) is 0.500. The van der Waals surface area contributed by atoms with Crippen molar-refractivity contribution in [2.75, 3.05) is 13.7 Å². The number of hydrogen-bond donors (Lipinski definition) is 0. The molecule has 0 bridgehead atoms. The molecule has 24 heavy (non-hydrogen) atoms. The third kappa shape index (κ3) is 4.34. The predicted octanol–water partition coefficient (Wildman–Crippen LogP) is 2.80. The summed E-state index contributed by atoms with van der Waals surface area (Å²) in [6.07, 6.45) is 0.548. The summed E-state index contributed by atoms with van der Waals surface area (Å²) in [5.41, 5.74) is 0.778. The first-order chi connectivity index (χ1) is 11.2. The molecule has 0 aliphatic carbocycles. The number of carbonyl (C=O) groups excluding carboxylic acids is 3. The molecule has 1 aromatic carbocycles. The summed E-state index contributed by atoms with van der Waals surface area (Å²) in [6.45, 7) is 5.68. The Balaban J connectivity index is 1.98. The van der Waals surface area contributed by atoms with E-state index in [1.54, 1.807) is 45.0 Å². The highest BCUT2D eigenvalue weighted by atomic mass is 16.6. The molecule has 1 aliphatic heterocycles. The van der Waals surface area contributed by atoms with Gasteiger partial charge in [-0.15, -0.1) is 0 Å². The number of ether oxygens (including phenoxy) is 2. The molecule has 0 saturated carbocycles. The van der Waals surface area contributed by atoms with Gasteiger partial charge >= 0.3 is 12.1 Å². The maximum Gasteiger partial charge on any atom is 0.417 e.